The van der Waals surface area contributed by atoms with Gasteiger partial charge in [0.25, 0.3) is 0 Å². The van der Waals surface area contributed by atoms with E-state index >= 15 is 0 Å². The lowest BCUT2D eigenvalue weighted by Crippen LogP contribution is -2.46. The summed E-state index contributed by atoms with van der Waals surface area (Å²) in [5.41, 5.74) is 4.11. The maximum atomic E-state index is 12.7. The van der Waals surface area contributed by atoms with Crippen LogP contribution < -0.4 is 16.4 Å². The molecule has 10 N–H and O–H groups in total. The van der Waals surface area contributed by atoms with Gasteiger partial charge in [-0.2, -0.15) is 16.9 Å². The zero-order valence-electron chi connectivity index (χ0n) is 24.5. The molecule has 3 rings (SSSR count). The van der Waals surface area contributed by atoms with E-state index in [0.717, 1.165) is 17.2 Å². The zero-order valence-corrected chi connectivity index (χ0v) is 28.1. The number of phosphoric ester groups is 3. The Labute approximate surface area is 271 Å². The van der Waals surface area contributed by atoms with Crippen molar-refractivity contribution in [1.29, 1.82) is 0 Å². The van der Waals surface area contributed by atoms with Crippen LogP contribution in [-0.4, -0.2) is 111 Å². The van der Waals surface area contributed by atoms with Crippen LogP contribution in [0.1, 0.15) is 26.5 Å². The number of amides is 2. The molecule has 47 heavy (non-hydrogen) atoms. The summed E-state index contributed by atoms with van der Waals surface area (Å²) >= 11 is 3.94. The average molecular weight is 754 g/mol. The van der Waals surface area contributed by atoms with Crippen molar-refractivity contribution >= 4 is 64.9 Å². The number of aliphatic hydroxyl groups is 2. The van der Waals surface area contributed by atoms with Crippen LogP contribution >= 0.6 is 36.1 Å². The van der Waals surface area contributed by atoms with E-state index in [1.807, 2.05) is 0 Å². The summed E-state index contributed by atoms with van der Waals surface area (Å²) in [5.74, 6) is -1.02. The van der Waals surface area contributed by atoms with E-state index in [9.17, 15) is 53.1 Å². The first-order chi connectivity index (χ1) is 21.7. The molecule has 0 aromatic carbocycles. The molecule has 0 radical (unpaired) electrons. The largest absolute Gasteiger partial charge is 0.483 e. The molecule has 2 aromatic rings. The number of nitrogens with zero attached hydrogens (tertiary/aromatic N) is 4. The van der Waals surface area contributed by atoms with Crippen molar-refractivity contribution < 1.29 is 75.7 Å². The number of nitrogens with one attached hydrogen (secondary N) is 2. The molecule has 27 heteroatoms. The van der Waals surface area contributed by atoms with Gasteiger partial charge in [0.1, 0.15) is 24.1 Å². The van der Waals surface area contributed by atoms with Gasteiger partial charge in [-0.25, -0.2) is 28.6 Å². The summed E-state index contributed by atoms with van der Waals surface area (Å²) in [4.78, 5) is 74.6. The summed E-state index contributed by atoms with van der Waals surface area (Å²) < 4.78 is 61.4. The minimum absolute atomic E-state index is 0.0347. The number of nitrogens with two attached hydrogens (primary N) is 1. The SMILES string of the molecule is CC(C)(COP(=O)(O)OP(=O)(O)OC1OC(n2cnc3c(N)ncnc32)C(O)C1OP(=O)(O)O)[C@@H](O)C(=O)NCCC(=O)NCCS. The number of imidazole rings is 1. The number of fused-ring (bicyclic) bond motifs is 1. The van der Waals surface area contributed by atoms with Crippen molar-refractivity contribution in [3.63, 3.8) is 0 Å². The van der Waals surface area contributed by atoms with Crippen LogP contribution in [0.3, 0.4) is 0 Å². The molecule has 1 fully saturated rings. The number of rotatable bonds is 17. The molecule has 0 saturated carbocycles. The second kappa shape index (κ2) is 15.6. The Balaban J connectivity index is 1.66. The maximum absolute atomic E-state index is 12.7. The van der Waals surface area contributed by atoms with E-state index in [1.165, 1.54) is 13.8 Å². The fourth-order valence-electron chi connectivity index (χ4n) is 3.93. The highest BCUT2D eigenvalue weighted by atomic mass is 32.1. The maximum Gasteiger partial charge on any atom is 0.483 e. The summed E-state index contributed by atoms with van der Waals surface area (Å²) in [6.45, 7) is 1.72. The number of thiol groups is 1. The van der Waals surface area contributed by atoms with Gasteiger partial charge < -0.3 is 50.9 Å². The van der Waals surface area contributed by atoms with Gasteiger partial charge in [-0.3, -0.25) is 27.7 Å². The molecule has 1 saturated heterocycles. The van der Waals surface area contributed by atoms with Gasteiger partial charge in [-0.05, 0) is 0 Å². The molecule has 2 amide bonds. The number of aromatic nitrogens is 4. The van der Waals surface area contributed by atoms with E-state index in [0.29, 0.717) is 12.3 Å². The predicted molar refractivity (Wildman–Crippen MR) is 159 cm³/mol. The van der Waals surface area contributed by atoms with Crippen LogP contribution in [-0.2, 0) is 45.9 Å². The topological polar surface area (TPSA) is 347 Å². The van der Waals surface area contributed by atoms with Crippen LogP contribution in [0.2, 0.25) is 0 Å². The number of nitrogen functional groups attached to an aromatic ring is 1. The number of anilines is 1. The summed E-state index contributed by atoms with van der Waals surface area (Å²) in [5, 5.41) is 26.0. The molecule has 3 heterocycles. The predicted octanol–water partition coefficient (Wildman–Crippen LogP) is -1.71. The Bertz CT molecular complexity index is 1580. The average Bonchev–Trinajstić information content (AvgIpc) is 3.50. The van der Waals surface area contributed by atoms with E-state index in [2.05, 4.69) is 47.0 Å². The lowest BCUT2D eigenvalue weighted by atomic mass is 9.87. The fraction of sp³-hybridized carbons (Fsp3) is 0.650. The third-order valence-electron chi connectivity index (χ3n) is 6.21. The summed E-state index contributed by atoms with van der Waals surface area (Å²) in [6.07, 6.45) is -8.18. The number of carbonyl (C=O) groups is 2. The molecule has 6 unspecified atom stereocenters. The molecule has 7 atom stereocenters. The first kappa shape index (κ1) is 39.3. The van der Waals surface area contributed by atoms with Gasteiger partial charge in [0.05, 0.1) is 12.9 Å². The number of ether oxygens (including phenoxy) is 1. The van der Waals surface area contributed by atoms with Gasteiger partial charge in [-0.15, -0.1) is 0 Å². The zero-order chi connectivity index (χ0) is 35.4. The minimum Gasteiger partial charge on any atom is -0.385 e. The molecule has 0 bridgehead atoms. The number of hydrogen-bond acceptors (Lipinski definition) is 17. The molecule has 0 aliphatic carbocycles. The number of carbonyl (C=O) groups excluding carboxylic acids is 2. The highest BCUT2D eigenvalue weighted by Crippen LogP contribution is 2.62. The normalized spacial score (nSPS) is 23.6. The second-order valence-electron chi connectivity index (χ2n) is 10.4. The molecule has 0 spiro atoms. The lowest BCUT2D eigenvalue weighted by molar-refractivity contribution is -0.137. The van der Waals surface area contributed by atoms with Crippen LogP contribution in [0.15, 0.2) is 12.7 Å². The second-order valence-corrected chi connectivity index (χ2v) is 15.1. The Kier molecular flexibility index (Phi) is 13.1. The van der Waals surface area contributed by atoms with Gasteiger partial charge >= 0.3 is 23.5 Å². The smallest absolute Gasteiger partial charge is 0.385 e. The van der Waals surface area contributed by atoms with Crippen molar-refractivity contribution in [2.75, 3.05) is 31.2 Å². The molecular formula is C20H34N7O16P3S. The van der Waals surface area contributed by atoms with Gasteiger partial charge in [0, 0.05) is 30.7 Å². The Morgan fingerprint density at radius 3 is 2.43 bits per heavy atom. The van der Waals surface area contributed by atoms with Crippen molar-refractivity contribution in [2.24, 2.45) is 5.41 Å². The third kappa shape index (κ3) is 10.9. The molecular weight excluding hydrogens is 719 g/mol. The lowest BCUT2D eigenvalue weighted by Gasteiger charge is -2.30. The van der Waals surface area contributed by atoms with Crippen LogP contribution in [0.25, 0.3) is 11.2 Å². The van der Waals surface area contributed by atoms with Gasteiger partial charge in [0.15, 0.2) is 23.8 Å². The number of hydrogen-bond donors (Lipinski definition) is 10. The van der Waals surface area contributed by atoms with Crippen LogP contribution in [0.4, 0.5) is 5.82 Å². The summed E-state index contributed by atoms with van der Waals surface area (Å²) in [7, 11) is -16.8. The number of phosphoric acid groups is 3. The van der Waals surface area contributed by atoms with Crippen molar-refractivity contribution in [1.82, 2.24) is 30.2 Å². The highest BCUT2D eigenvalue weighted by Gasteiger charge is 2.53. The third-order valence-corrected chi connectivity index (χ3v) is 9.53. The molecule has 2 aromatic heterocycles. The molecule has 1 aliphatic rings. The molecule has 1 aliphatic heterocycles. The Hall–Kier alpha value is -2.11. The standard InChI is InChI=1S/C20H34N7O16P3S/c1-20(2,14(30)17(31)23-4-3-10(28)22-5-6-47)7-39-45(35,36)43-46(37,38)42-19-13(41-44(32,33)34)12(29)18(40-19)27-9-26-11-15(21)24-8-25-16(11)27/h8-9,12-14,18-19,29-30,47H,3-7H2,1-2H3,(H,22,28)(H,23,31)(H,35,36)(H,37,38)(H2,21,24,25)(H2,32,33,34)/t12?,13?,14-,18?,19?/m0/s1. The summed E-state index contributed by atoms with van der Waals surface area (Å²) in [6, 6.07) is 0. The monoisotopic (exact) mass is 753 g/mol. The van der Waals surface area contributed by atoms with Gasteiger partial charge in [0.2, 0.25) is 18.1 Å². The highest BCUT2D eigenvalue weighted by molar-refractivity contribution is 7.80. The van der Waals surface area contributed by atoms with Gasteiger partial charge in [-0.1, -0.05) is 13.8 Å². The van der Waals surface area contributed by atoms with E-state index in [4.69, 9.17) is 19.5 Å². The van der Waals surface area contributed by atoms with Crippen molar-refractivity contribution in [2.45, 2.75) is 51.1 Å². The minimum atomic E-state index is -5.77. The number of aliphatic hydroxyl groups excluding tert-OH is 2. The van der Waals surface area contributed by atoms with Crippen LogP contribution in [0, 0.1) is 5.41 Å². The molecule has 23 nitrogen and oxygen atoms in total. The first-order valence-corrected chi connectivity index (χ1v) is 18.4. The van der Waals surface area contributed by atoms with E-state index in [-0.39, 0.29) is 35.9 Å². The molecule has 266 valence electrons. The van der Waals surface area contributed by atoms with Crippen LogP contribution in [0.5, 0.6) is 0 Å². The fourth-order valence-corrected chi connectivity index (χ4v) is 6.89. The first-order valence-electron chi connectivity index (χ1n) is 13.2. The quantitative estimate of drug-likeness (QED) is 0.0635. The van der Waals surface area contributed by atoms with Crippen molar-refractivity contribution in [3.05, 3.63) is 12.7 Å². The van der Waals surface area contributed by atoms with E-state index in [1.54, 1.807) is 0 Å². The van der Waals surface area contributed by atoms with Crippen molar-refractivity contribution in [3.8, 4) is 0 Å². The Morgan fingerprint density at radius 2 is 1.79 bits per heavy atom. The van der Waals surface area contributed by atoms with E-state index < -0.39 is 72.2 Å². The Morgan fingerprint density at radius 1 is 1.11 bits per heavy atom.